The van der Waals surface area contributed by atoms with Crippen molar-refractivity contribution in [2.75, 3.05) is 6.61 Å². The van der Waals surface area contributed by atoms with Crippen LogP contribution in [-0.4, -0.2) is 23.3 Å². The van der Waals surface area contributed by atoms with Gasteiger partial charge in [-0.05, 0) is 50.4 Å². The molecule has 3 heteroatoms. The first kappa shape index (κ1) is 12.9. The lowest BCUT2D eigenvalue weighted by atomic mass is 9.77. The molecule has 0 aliphatic heterocycles. The van der Waals surface area contributed by atoms with Gasteiger partial charge in [0.1, 0.15) is 0 Å². The molecule has 0 amide bonds. The highest BCUT2D eigenvalue weighted by molar-refractivity contribution is 5.77. The molecule has 2 aliphatic rings. The number of carboxylic acids is 1. The van der Waals surface area contributed by atoms with E-state index in [4.69, 9.17) is 4.74 Å². The van der Waals surface area contributed by atoms with Crippen molar-refractivity contribution in [3.05, 3.63) is 0 Å². The van der Waals surface area contributed by atoms with E-state index in [0.717, 1.165) is 18.8 Å². The van der Waals surface area contributed by atoms with Crippen molar-refractivity contribution < 1.29 is 14.6 Å². The molecule has 0 heterocycles. The van der Waals surface area contributed by atoms with Gasteiger partial charge in [-0.2, -0.15) is 0 Å². The largest absolute Gasteiger partial charge is 0.479 e. The van der Waals surface area contributed by atoms with Crippen LogP contribution in [0.2, 0.25) is 0 Å². The smallest absolute Gasteiger partial charge is 0.335 e. The van der Waals surface area contributed by atoms with E-state index in [2.05, 4.69) is 6.92 Å². The molecule has 2 aliphatic carbocycles. The van der Waals surface area contributed by atoms with Crippen molar-refractivity contribution in [2.45, 2.75) is 63.9 Å². The Balaban J connectivity index is 1.87. The number of carboxylic acid groups (broad SMARTS) is 1. The van der Waals surface area contributed by atoms with Crippen molar-refractivity contribution in [2.24, 2.45) is 11.8 Å². The zero-order chi connectivity index (χ0) is 12.3. The normalized spacial score (nSPS) is 33.6. The summed E-state index contributed by atoms with van der Waals surface area (Å²) in [5, 5.41) is 9.41. The summed E-state index contributed by atoms with van der Waals surface area (Å²) in [6.45, 7) is 2.85. The van der Waals surface area contributed by atoms with Gasteiger partial charge in [0.2, 0.25) is 0 Å². The average molecular weight is 240 g/mol. The quantitative estimate of drug-likeness (QED) is 0.775. The molecule has 0 atom stereocenters. The lowest BCUT2D eigenvalue weighted by Gasteiger charge is -2.36. The molecule has 0 unspecified atom stereocenters. The molecule has 3 nitrogen and oxygen atoms in total. The second-order valence-electron chi connectivity index (χ2n) is 5.79. The van der Waals surface area contributed by atoms with Gasteiger partial charge in [-0.25, -0.2) is 4.79 Å². The van der Waals surface area contributed by atoms with Gasteiger partial charge < -0.3 is 9.84 Å². The number of carbonyl (C=O) groups is 1. The van der Waals surface area contributed by atoms with Gasteiger partial charge in [-0.1, -0.05) is 19.8 Å². The Bertz CT molecular complexity index is 263. The molecule has 0 aromatic rings. The maximum absolute atomic E-state index is 11.4. The Kier molecular flexibility index (Phi) is 4.08. The van der Waals surface area contributed by atoms with Crippen LogP contribution in [0.4, 0.5) is 0 Å². The van der Waals surface area contributed by atoms with Crippen LogP contribution < -0.4 is 0 Å². The van der Waals surface area contributed by atoms with Crippen LogP contribution >= 0.6 is 0 Å². The van der Waals surface area contributed by atoms with Gasteiger partial charge in [0.05, 0.1) is 6.61 Å². The second-order valence-corrected chi connectivity index (χ2v) is 5.79. The van der Waals surface area contributed by atoms with Gasteiger partial charge >= 0.3 is 5.97 Å². The Hall–Kier alpha value is -0.570. The third kappa shape index (κ3) is 3.21. The van der Waals surface area contributed by atoms with Crippen LogP contribution in [0.1, 0.15) is 58.3 Å². The summed E-state index contributed by atoms with van der Waals surface area (Å²) in [5.74, 6) is 0.615. The zero-order valence-electron chi connectivity index (χ0n) is 10.8. The summed E-state index contributed by atoms with van der Waals surface area (Å²) in [4.78, 5) is 11.4. The van der Waals surface area contributed by atoms with Crippen LogP contribution in [0.5, 0.6) is 0 Å². The zero-order valence-corrected chi connectivity index (χ0v) is 10.8. The SMILES string of the molecule is CCCC1CCC(OCC2CC2)(C(=O)O)CC1. The average Bonchev–Trinajstić information content (AvgIpc) is 3.12. The number of hydrogen-bond acceptors (Lipinski definition) is 2. The van der Waals surface area contributed by atoms with E-state index in [9.17, 15) is 9.90 Å². The van der Waals surface area contributed by atoms with Gasteiger partial charge in [0.15, 0.2) is 5.60 Å². The highest BCUT2D eigenvalue weighted by Crippen LogP contribution is 2.39. The molecule has 0 aromatic carbocycles. The number of ether oxygens (including phenoxy) is 1. The minimum absolute atomic E-state index is 0.639. The number of hydrogen-bond donors (Lipinski definition) is 1. The molecule has 1 N–H and O–H groups in total. The van der Waals surface area contributed by atoms with Crippen molar-refractivity contribution in [3.63, 3.8) is 0 Å². The van der Waals surface area contributed by atoms with Crippen LogP contribution in [-0.2, 0) is 9.53 Å². The van der Waals surface area contributed by atoms with Gasteiger partial charge in [0.25, 0.3) is 0 Å². The monoisotopic (exact) mass is 240 g/mol. The van der Waals surface area contributed by atoms with Gasteiger partial charge in [0, 0.05) is 0 Å². The van der Waals surface area contributed by atoms with Crippen molar-refractivity contribution >= 4 is 5.97 Å². The predicted molar refractivity (Wildman–Crippen MR) is 65.9 cm³/mol. The van der Waals surface area contributed by atoms with Gasteiger partial charge in [-0.3, -0.25) is 0 Å². The molecule has 0 saturated heterocycles. The summed E-state index contributed by atoms with van der Waals surface area (Å²) in [6.07, 6.45) is 8.32. The van der Waals surface area contributed by atoms with E-state index >= 15 is 0 Å². The molecular weight excluding hydrogens is 216 g/mol. The van der Waals surface area contributed by atoms with Crippen LogP contribution in [0, 0.1) is 11.8 Å². The second kappa shape index (κ2) is 5.38. The Morgan fingerprint density at radius 3 is 2.35 bits per heavy atom. The molecule has 0 radical (unpaired) electrons. The molecular formula is C14H24O3. The van der Waals surface area contributed by atoms with E-state index in [-0.39, 0.29) is 0 Å². The van der Waals surface area contributed by atoms with Crippen LogP contribution in [0.25, 0.3) is 0 Å². The maximum Gasteiger partial charge on any atom is 0.335 e. The summed E-state index contributed by atoms with van der Waals surface area (Å²) in [5.41, 5.74) is -0.854. The third-order valence-corrected chi connectivity index (χ3v) is 4.29. The third-order valence-electron chi connectivity index (χ3n) is 4.29. The fourth-order valence-electron chi connectivity index (χ4n) is 2.82. The van der Waals surface area contributed by atoms with Crippen LogP contribution in [0.3, 0.4) is 0 Å². The number of aliphatic carboxylic acids is 1. The van der Waals surface area contributed by atoms with Crippen molar-refractivity contribution in [3.8, 4) is 0 Å². The van der Waals surface area contributed by atoms with E-state index in [0.29, 0.717) is 25.4 Å². The fraction of sp³-hybridized carbons (Fsp3) is 0.929. The first-order valence-electron chi connectivity index (χ1n) is 7.03. The van der Waals surface area contributed by atoms with E-state index in [1.807, 2.05) is 0 Å². The van der Waals surface area contributed by atoms with Crippen molar-refractivity contribution in [1.82, 2.24) is 0 Å². The molecule has 0 aromatic heterocycles. The lowest BCUT2D eigenvalue weighted by Crippen LogP contribution is -2.45. The topological polar surface area (TPSA) is 46.5 Å². The van der Waals surface area contributed by atoms with Crippen molar-refractivity contribution in [1.29, 1.82) is 0 Å². The van der Waals surface area contributed by atoms with E-state index in [1.54, 1.807) is 0 Å². The fourth-order valence-corrected chi connectivity index (χ4v) is 2.82. The van der Waals surface area contributed by atoms with Gasteiger partial charge in [-0.15, -0.1) is 0 Å². The molecule has 2 saturated carbocycles. The maximum atomic E-state index is 11.4. The Labute approximate surface area is 104 Å². The standard InChI is InChI=1S/C14H24O3/c1-2-3-11-6-8-14(9-7-11,13(15)16)17-10-12-4-5-12/h11-12H,2-10H2,1H3,(H,15,16). The highest BCUT2D eigenvalue weighted by atomic mass is 16.5. The summed E-state index contributed by atoms with van der Waals surface area (Å²) >= 11 is 0. The Morgan fingerprint density at radius 1 is 1.24 bits per heavy atom. The minimum atomic E-state index is -0.854. The first-order chi connectivity index (χ1) is 8.16. The minimum Gasteiger partial charge on any atom is -0.479 e. The number of rotatable bonds is 6. The Morgan fingerprint density at radius 2 is 1.88 bits per heavy atom. The van der Waals surface area contributed by atoms with E-state index in [1.165, 1.54) is 25.7 Å². The molecule has 17 heavy (non-hydrogen) atoms. The molecule has 2 fully saturated rings. The summed E-state index contributed by atoms with van der Waals surface area (Å²) < 4.78 is 5.78. The molecule has 98 valence electrons. The summed E-state index contributed by atoms with van der Waals surface area (Å²) in [6, 6.07) is 0. The molecule has 0 spiro atoms. The summed E-state index contributed by atoms with van der Waals surface area (Å²) in [7, 11) is 0. The highest BCUT2D eigenvalue weighted by Gasteiger charge is 2.43. The lowest BCUT2D eigenvalue weighted by molar-refractivity contribution is -0.173. The molecule has 2 rings (SSSR count). The van der Waals surface area contributed by atoms with E-state index < -0.39 is 11.6 Å². The first-order valence-corrected chi connectivity index (χ1v) is 7.03. The molecule has 0 bridgehead atoms. The van der Waals surface area contributed by atoms with Crippen LogP contribution in [0.15, 0.2) is 0 Å². The predicted octanol–water partition coefficient (Wildman–Crippen LogP) is 3.23.